The van der Waals surface area contributed by atoms with Crippen LogP contribution >= 0.6 is 0 Å². The van der Waals surface area contributed by atoms with Crippen molar-refractivity contribution in [2.75, 3.05) is 13.2 Å². The van der Waals surface area contributed by atoms with E-state index in [0.717, 1.165) is 6.42 Å². The molecule has 0 fully saturated rings. The average molecular weight is 510 g/mol. The molecule has 0 aliphatic rings. The van der Waals surface area contributed by atoms with E-state index >= 15 is 0 Å². The number of carboxylic acids is 1. The Morgan fingerprint density at radius 1 is 0.917 bits per heavy atom. The van der Waals surface area contributed by atoms with Crippen molar-refractivity contribution >= 4 is 24.1 Å². The molecule has 0 aromatic heterocycles. The number of carboxylic acid groups (broad SMARTS) is 1. The van der Waals surface area contributed by atoms with Crippen molar-refractivity contribution in [2.45, 2.75) is 73.5 Å². The Balaban J connectivity index is 2.89. The van der Waals surface area contributed by atoms with Gasteiger partial charge in [0, 0.05) is 6.54 Å². The lowest BCUT2D eigenvalue weighted by atomic mass is 10.0. The molecule has 3 atom stereocenters. The number of nitrogens with one attached hydrogen (secondary N) is 1. The summed E-state index contributed by atoms with van der Waals surface area (Å²) in [5.74, 6) is -2.62. The number of hydrogen-bond donors (Lipinski definition) is 2. The lowest BCUT2D eigenvalue weighted by Crippen LogP contribution is -2.42. The van der Waals surface area contributed by atoms with Crippen LogP contribution in [0.4, 0.5) is 4.79 Å². The fourth-order valence-corrected chi connectivity index (χ4v) is 2.65. The predicted molar refractivity (Wildman–Crippen MR) is 132 cm³/mol. The van der Waals surface area contributed by atoms with Gasteiger partial charge in [-0.3, -0.25) is 14.4 Å². The van der Waals surface area contributed by atoms with E-state index in [1.165, 1.54) is 12.1 Å². The number of rotatable bonds is 14. The smallest absolute Gasteiger partial charge is 0.480 e. The minimum atomic E-state index is -1.11. The second kappa shape index (κ2) is 15.1. The topological polar surface area (TPSA) is 137 Å². The zero-order valence-electron chi connectivity index (χ0n) is 22.2. The number of carbonyl (C=O) groups is 4. The van der Waals surface area contributed by atoms with Crippen molar-refractivity contribution in [3.05, 3.63) is 23.8 Å². The summed E-state index contributed by atoms with van der Waals surface area (Å²) in [5, 5.41) is 12.5. The van der Waals surface area contributed by atoms with E-state index in [1.54, 1.807) is 40.7 Å². The molecule has 0 aliphatic carbocycles. The molecular formula is C26H39NO9. The molecule has 0 bridgehead atoms. The molecule has 202 valence electrons. The maximum atomic E-state index is 12.2. The van der Waals surface area contributed by atoms with Gasteiger partial charge >= 0.3 is 24.1 Å². The Hall–Kier alpha value is -3.14. The predicted octanol–water partition coefficient (Wildman–Crippen LogP) is 3.98. The van der Waals surface area contributed by atoms with Crippen molar-refractivity contribution in [3.8, 4) is 11.5 Å². The molecule has 0 radical (unpaired) electrons. The molecule has 2 N–H and O–H groups in total. The minimum absolute atomic E-state index is 0.0325. The van der Waals surface area contributed by atoms with Crippen LogP contribution in [0.5, 0.6) is 11.5 Å². The van der Waals surface area contributed by atoms with Gasteiger partial charge in [0.15, 0.2) is 11.5 Å². The van der Waals surface area contributed by atoms with Crippen LogP contribution in [0.25, 0.3) is 0 Å². The molecule has 2 unspecified atom stereocenters. The first-order valence-electron chi connectivity index (χ1n) is 12.2. The fourth-order valence-electron chi connectivity index (χ4n) is 2.65. The Kier molecular flexibility index (Phi) is 12.9. The summed E-state index contributed by atoms with van der Waals surface area (Å²) in [6, 6.07) is 3.52. The van der Waals surface area contributed by atoms with E-state index in [1.807, 2.05) is 13.8 Å². The van der Waals surface area contributed by atoms with Crippen molar-refractivity contribution < 1.29 is 43.2 Å². The van der Waals surface area contributed by atoms with Crippen molar-refractivity contribution in [1.29, 1.82) is 0 Å². The summed E-state index contributed by atoms with van der Waals surface area (Å²) in [7, 11) is 0. The van der Waals surface area contributed by atoms with Crippen LogP contribution < -0.4 is 14.8 Å². The normalized spacial score (nSPS) is 13.6. The second-order valence-corrected chi connectivity index (χ2v) is 9.44. The first kappa shape index (κ1) is 30.9. The van der Waals surface area contributed by atoms with Crippen molar-refractivity contribution in [1.82, 2.24) is 5.32 Å². The minimum Gasteiger partial charge on any atom is -0.480 e. The quantitative estimate of drug-likeness (QED) is 0.280. The van der Waals surface area contributed by atoms with Crippen LogP contribution in [-0.4, -0.2) is 54.5 Å². The molecule has 36 heavy (non-hydrogen) atoms. The highest BCUT2D eigenvalue weighted by molar-refractivity contribution is 5.78. The summed E-state index contributed by atoms with van der Waals surface area (Å²) in [6.45, 7) is 12.6. The summed E-state index contributed by atoms with van der Waals surface area (Å²) in [4.78, 5) is 47.9. The van der Waals surface area contributed by atoms with E-state index in [9.17, 15) is 24.3 Å². The van der Waals surface area contributed by atoms with Gasteiger partial charge < -0.3 is 29.4 Å². The van der Waals surface area contributed by atoms with Crippen molar-refractivity contribution in [2.24, 2.45) is 17.8 Å². The lowest BCUT2D eigenvalue weighted by molar-refractivity contribution is -0.140. The van der Waals surface area contributed by atoms with Gasteiger partial charge in [-0.25, -0.2) is 4.79 Å². The monoisotopic (exact) mass is 509 g/mol. The van der Waals surface area contributed by atoms with Gasteiger partial charge in [0.05, 0.1) is 18.4 Å². The van der Waals surface area contributed by atoms with E-state index in [4.69, 9.17) is 18.9 Å². The second-order valence-electron chi connectivity index (χ2n) is 9.44. The van der Waals surface area contributed by atoms with E-state index in [-0.39, 0.29) is 37.0 Å². The maximum Gasteiger partial charge on any atom is 0.508 e. The van der Waals surface area contributed by atoms with Crippen molar-refractivity contribution in [3.63, 3.8) is 0 Å². The number of benzene rings is 1. The molecule has 1 aromatic rings. The van der Waals surface area contributed by atoms with Gasteiger partial charge in [0.1, 0.15) is 12.1 Å². The SMILES string of the molecule is CCC(C)COC(=O)OC(C)CN[C@@H](Cc1ccc(OC(=O)C(C)C)c(OC(=O)C(C)C)c1)C(=O)O. The molecule has 0 amide bonds. The standard InChI is InChI=1S/C26H39NO9/c1-8-17(6)14-33-26(32)34-18(7)13-27-20(23(28)29)11-19-9-10-21(35-24(30)15(2)3)22(12-19)36-25(31)16(4)5/h9-10,12,15-18,20,27H,8,11,13-14H2,1-7H3,(H,28,29)/t17?,18?,20-/m0/s1. The Morgan fingerprint density at radius 2 is 1.50 bits per heavy atom. The van der Waals surface area contributed by atoms with Gasteiger partial charge in [-0.15, -0.1) is 0 Å². The molecule has 0 saturated carbocycles. The number of carbonyl (C=O) groups excluding carboxylic acids is 3. The summed E-state index contributed by atoms with van der Waals surface area (Å²) in [6.07, 6.45) is -0.536. The fraction of sp³-hybridized carbons (Fsp3) is 0.615. The average Bonchev–Trinajstić information content (AvgIpc) is 2.80. The third-order valence-electron chi connectivity index (χ3n) is 5.24. The van der Waals surface area contributed by atoms with Gasteiger partial charge in [-0.2, -0.15) is 0 Å². The summed E-state index contributed by atoms with van der Waals surface area (Å²) in [5.41, 5.74) is 0.535. The first-order chi connectivity index (χ1) is 16.8. The largest absolute Gasteiger partial charge is 0.508 e. The van der Waals surface area contributed by atoms with Crippen LogP contribution in [0.15, 0.2) is 18.2 Å². The molecule has 0 saturated heterocycles. The summed E-state index contributed by atoms with van der Waals surface area (Å²) >= 11 is 0. The maximum absolute atomic E-state index is 12.2. The lowest BCUT2D eigenvalue weighted by Gasteiger charge is -2.19. The highest BCUT2D eigenvalue weighted by Gasteiger charge is 2.23. The molecule has 0 spiro atoms. The highest BCUT2D eigenvalue weighted by atomic mass is 16.7. The molecule has 0 heterocycles. The van der Waals surface area contributed by atoms with Crippen LogP contribution in [0.3, 0.4) is 0 Å². The Morgan fingerprint density at radius 3 is 2.03 bits per heavy atom. The molecular weight excluding hydrogens is 470 g/mol. The van der Waals surface area contributed by atoms with E-state index < -0.39 is 48.0 Å². The number of aliphatic carboxylic acids is 1. The van der Waals surface area contributed by atoms with Gasteiger partial charge in [0.25, 0.3) is 0 Å². The number of ether oxygens (including phenoxy) is 4. The van der Waals surface area contributed by atoms with Crippen LogP contribution in [0, 0.1) is 17.8 Å². The van der Waals surface area contributed by atoms with Gasteiger partial charge in [-0.05, 0) is 37.0 Å². The Bertz CT molecular complexity index is 897. The molecule has 10 heteroatoms. The molecule has 1 rings (SSSR count). The number of hydrogen-bond acceptors (Lipinski definition) is 9. The van der Waals surface area contributed by atoms with E-state index in [0.29, 0.717) is 5.56 Å². The number of esters is 2. The Labute approximate surface area is 212 Å². The van der Waals surface area contributed by atoms with Crippen LogP contribution in [-0.2, 0) is 30.3 Å². The first-order valence-corrected chi connectivity index (χ1v) is 12.2. The molecule has 10 nitrogen and oxygen atoms in total. The van der Waals surface area contributed by atoms with Crippen LogP contribution in [0.2, 0.25) is 0 Å². The van der Waals surface area contributed by atoms with Gasteiger partial charge in [0.2, 0.25) is 0 Å². The third kappa shape index (κ3) is 11.1. The van der Waals surface area contributed by atoms with Crippen LogP contribution in [0.1, 0.15) is 60.5 Å². The zero-order valence-corrected chi connectivity index (χ0v) is 22.2. The highest BCUT2D eigenvalue weighted by Crippen LogP contribution is 2.30. The summed E-state index contributed by atoms with van der Waals surface area (Å²) < 4.78 is 21.0. The van der Waals surface area contributed by atoms with E-state index in [2.05, 4.69) is 5.32 Å². The molecule has 0 aliphatic heterocycles. The zero-order chi connectivity index (χ0) is 27.4. The van der Waals surface area contributed by atoms with Gasteiger partial charge in [-0.1, -0.05) is 54.0 Å². The third-order valence-corrected chi connectivity index (χ3v) is 5.24. The molecule has 1 aromatic carbocycles.